The molecule has 0 aromatic rings. The highest BCUT2D eigenvalue weighted by Gasteiger charge is 2.40. The number of ether oxygens (including phenoxy) is 2. The lowest BCUT2D eigenvalue weighted by molar-refractivity contribution is -0.217. The molecule has 3 nitrogen and oxygen atoms in total. The van der Waals surface area contributed by atoms with Crippen LogP contribution in [0.15, 0.2) is 0 Å². The maximum Gasteiger partial charge on any atom is 0.127 e. The monoisotopic (exact) mass is 165 g/mol. The summed E-state index contributed by atoms with van der Waals surface area (Å²) in [6.45, 7) is 4.35. The number of morpholine rings is 1. The molecule has 2 saturated heterocycles. The van der Waals surface area contributed by atoms with Gasteiger partial charge >= 0.3 is 0 Å². The zero-order valence-electron chi connectivity index (χ0n) is 5.76. The van der Waals surface area contributed by atoms with Gasteiger partial charge < -0.3 is 14.8 Å². The van der Waals surface area contributed by atoms with E-state index in [0.29, 0.717) is 0 Å². The third-order valence-electron chi connectivity index (χ3n) is 1.86. The van der Waals surface area contributed by atoms with Gasteiger partial charge in [0.25, 0.3) is 0 Å². The van der Waals surface area contributed by atoms with Crippen molar-refractivity contribution in [1.82, 2.24) is 5.32 Å². The van der Waals surface area contributed by atoms with Crippen LogP contribution in [-0.2, 0) is 9.47 Å². The van der Waals surface area contributed by atoms with Gasteiger partial charge in [-0.3, -0.25) is 0 Å². The van der Waals surface area contributed by atoms with Crippen LogP contribution in [0, 0.1) is 0 Å². The molecule has 0 atom stereocenters. The van der Waals surface area contributed by atoms with Crippen LogP contribution in [-0.4, -0.2) is 38.5 Å². The minimum Gasteiger partial charge on any atom is -0.375 e. The Morgan fingerprint density at radius 1 is 1.30 bits per heavy atom. The molecule has 0 aromatic carbocycles. The summed E-state index contributed by atoms with van der Waals surface area (Å²) < 4.78 is 10.6. The lowest BCUT2D eigenvalue weighted by atomic mass is 10.0. The van der Waals surface area contributed by atoms with Crippen molar-refractivity contribution >= 4 is 12.4 Å². The zero-order chi connectivity index (χ0) is 6.16. The van der Waals surface area contributed by atoms with Gasteiger partial charge in [-0.1, -0.05) is 0 Å². The van der Waals surface area contributed by atoms with Gasteiger partial charge in [-0.25, -0.2) is 0 Å². The highest BCUT2D eigenvalue weighted by atomic mass is 35.5. The number of hydrogen-bond donors (Lipinski definition) is 1. The van der Waals surface area contributed by atoms with Gasteiger partial charge in [-0.15, -0.1) is 12.4 Å². The molecule has 2 aliphatic heterocycles. The average Bonchev–Trinajstić information content (AvgIpc) is 1.87. The Labute approximate surface area is 66.5 Å². The second-order valence-corrected chi connectivity index (χ2v) is 2.70. The molecule has 0 unspecified atom stereocenters. The van der Waals surface area contributed by atoms with Crippen LogP contribution in [0.5, 0.6) is 0 Å². The topological polar surface area (TPSA) is 30.5 Å². The molecule has 2 fully saturated rings. The first-order valence-electron chi connectivity index (χ1n) is 3.34. The van der Waals surface area contributed by atoms with Crippen LogP contribution in [0.2, 0.25) is 0 Å². The summed E-state index contributed by atoms with van der Waals surface area (Å²) in [5.74, 6) is 0. The lowest BCUT2D eigenvalue weighted by Crippen LogP contribution is -2.61. The van der Waals surface area contributed by atoms with Crippen molar-refractivity contribution in [2.75, 3.05) is 32.9 Å². The van der Waals surface area contributed by atoms with Crippen molar-refractivity contribution in [3.63, 3.8) is 0 Å². The molecule has 10 heavy (non-hydrogen) atoms. The molecule has 2 rings (SSSR count). The van der Waals surface area contributed by atoms with E-state index in [4.69, 9.17) is 9.47 Å². The summed E-state index contributed by atoms with van der Waals surface area (Å²) in [7, 11) is 0. The van der Waals surface area contributed by atoms with Crippen molar-refractivity contribution in [2.45, 2.75) is 5.60 Å². The SMILES string of the molecule is C1COC2(CN1)COC2.Cl. The molecule has 0 saturated carbocycles. The predicted molar refractivity (Wildman–Crippen MR) is 39.6 cm³/mol. The largest absolute Gasteiger partial charge is 0.375 e. The van der Waals surface area contributed by atoms with E-state index in [0.717, 1.165) is 32.9 Å². The summed E-state index contributed by atoms with van der Waals surface area (Å²) in [6.07, 6.45) is 0. The predicted octanol–water partition coefficient (Wildman–Crippen LogP) is -0.203. The molecule has 60 valence electrons. The quantitative estimate of drug-likeness (QED) is 0.539. The van der Waals surface area contributed by atoms with E-state index in [1.165, 1.54) is 0 Å². The van der Waals surface area contributed by atoms with E-state index in [1.54, 1.807) is 0 Å². The molecule has 0 radical (unpaired) electrons. The molecule has 0 aromatic heterocycles. The Morgan fingerprint density at radius 3 is 2.40 bits per heavy atom. The van der Waals surface area contributed by atoms with Crippen molar-refractivity contribution in [3.05, 3.63) is 0 Å². The van der Waals surface area contributed by atoms with E-state index >= 15 is 0 Å². The lowest BCUT2D eigenvalue weighted by Gasteiger charge is -2.43. The summed E-state index contributed by atoms with van der Waals surface area (Å²) in [4.78, 5) is 0. The van der Waals surface area contributed by atoms with Crippen LogP contribution in [0.1, 0.15) is 0 Å². The summed E-state index contributed by atoms with van der Waals surface area (Å²) in [5, 5.41) is 3.27. The van der Waals surface area contributed by atoms with Gasteiger partial charge in [0, 0.05) is 13.1 Å². The van der Waals surface area contributed by atoms with Crippen LogP contribution >= 0.6 is 12.4 Å². The van der Waals surface area contributed by atoms with Crippen molar-refractivity contribution in [3.8, 4) is 0 Å². The van der Waals surface area contributed by atoms with Crippen LogP contribution in [0.3, 0.4) is 0 Å². The average molecular weight is 166 g/mol. The Bertz CT molecular complexity index is 108. The van der Waals surface area contributed by atoms with E-state index < -0.39 is 0 Å². The van der Waals surface area contributed by atoms with Gasteiger partial charge in [0.05, 0.1) is 19.8 Å². The normalized spacial score (nSPS) is 28.8. The van der Waals surface area contributed by atoms with Gasteiger partial charge in [0.1, 0.15) is 5.60 Å². The highest BCUT2D eigenvalue weighted by molar-refractivity contribution is 5.85. The first-order valence-corrected chi connectivity index (χ1v) is 3.34. The Kier molecular flexibility index (Phi) is 2.52. The van der Waals surface area contributed by atoms with Crippen LogP contribution < -0.4 is 5.32 Å². The van der Waals surface area contributed by atoms with Crippen LogP contribution in [0.4, 0.5) is 0 Å². The third-order valence-corrected chi connectivity index (χ3v) is 1.86. The highest BCUT2D eigenvalue weighted by Crippen LogP contribution is 2.22. The molecule has 0 bridgehead atoms. The minimum atomic E-state index is 0. The Hall–Kier alpha value is 0.170. The Balaban J connectivity index is 0.000000500. The van der Waals surface area contributed by atoms with E-state index in [9.17, 15) is 0 Å². The molecule has 2 aliphatic rings. The van der Waals surface area contributed by atoms with E-state index in [-0.39, 0.29) is 18.0 Å². The molecular formula is C6H12ClNO2. The maximum atomic E-state index is 5.51. The summed E-state index contributed by atoms with van der Waals surface area (Å²) in [5.41, 5.74) is 0.0677. The number of hydrogen-bond acceptors (Lipinski definition) is 3. The zero-order valence-corrected chi connectivity index (χ0v) is 6.58. The molecule has 1 spiro atoms. The fourth-order valence-corrected chi connectivity index (χ4v) is 1.22. The van der Waals surface area contributed by atoms with E-state index in [1.807, 2.05) is 0 Å². The fourth-order valence-electron chi connectivity index (χ4n) is 1.22. The van der Waals surface area contributed by atoms with Gasteiger partial charge in [0.15, 0.2) is 0 Å². The summed E-state index contributed by atoms with van der Waals surface area (Å²) in [6, 6.07) is 0. The minimum absolute atomic E-state index is 0. The number of halogens is 1. The maximum absolute atomic E-state index is 5.51. The number of nitrogens with one attached hydrogen (secondary N) is 1. The molecular weight excluding hydrogens is 154 g/mol. The van der Waals surface area contributed by atoms with Gasteiger partial charge in [-0.2, -0.15) is 0 Å². The smallest absolute Gasteiger partial charge is 0.127 e. The van der Waals surface area contributed by atoms with Gasteiger partial charge in [-0.05, 0) is 0 Å². The molecule has 1 N–H and O–H groups in total. The first kappa shape index (κ1) is 8.27. The fraction of sp³-hybridized carbons (Fsp3) is 1.00. The van der Waals surface area contributed by atoms with Crippen molar-refractivity contribution in [2.24, 2.45) is 0 Å². The number of rotatable bonds is 0. The second-order valence-electron chi connectivity index (χ2n) is 2.70. The van der Waals surface area contributed by atoms with Crippen LogP contribution in [0.25, 0.3) is 0 Å². The van der Waals surface area contributed by atoms with Crippen molar-refractivity contribution in [1.29, 1.82) is 0 Å². The Morgan fingerprint density at radius 2 is 2.10 bits per heavy atom. The first-order chi connectivity index (χ1) is 4.41. The van der Waals surface area contributed by atoms with E-state index in [2.05, 4.69) is 5.32 Å². The molecule has 2 heterocycles. The third kappa shape index (κ3) is 1.27. The van der Waals surface area contributed by atoms with Crippen molar-refractivity contribution < 1.29 is 9.47 Å². The molecule has 4 heteroatoms. The van der Waals surface area contributed by atoms with Gasteiger partial charge in [0.2, 0.25) is 0 Å². The summed E-state index contributed by atoms with van der Waals surface area (Å²) >= 11 is 0. The molecule has 0 aliphatic carbocycles. The standard InChI is InChI=1S/C6H11NO2.ClH/c1-2-9-6(3-7-1)4-8-5-6;/h7H,1-5H2;1H. The molecule has 0 amide bonds. The second kappa shape index (κ2) is 3.05.